The standard InChI is InChI=1S/C33H46N2O2S.BrH/c1-3-4-5-6-7-8-9-10-11-12-13-14-23-37-31-20-18-28(19-21-31)26-32(36)34-30-17-15-16-29(25-30)27-33-35(2)22-24-38-33;/h15-22,24-25H,3-14,23,26-27H2,1-2H3;1H. The molecule has 1 N–H and O–H groups in total. The van der Waals surface area contributed by atoms with Crippen molar-refractivity contribution in [2.45, 2.75) is 96.8 Å². The van der Waals surface area contributed by atoms with Crippen molar-refractivity contribution in [1.82, 2.24) is 0 Å². The van der Waals surface area contributed by atoms with E-state index in [0.29, 0.717) is 6.42 Å². The van der Waals surface area contributed by atoms with E-state index in [1.165, 1.54) is 81.2 Å². The molecule has 1 amide bonds. The third kappa shape index (κ3) is 13.6. The molecular formula is C33H47BrN2O2S. The van der Waals surface area contributed by atoms with Crippen LogP contribution in [0.25, 0.3) is 0 Å². The number of halogens is 1. The Morgan fingerprint density at radius 2 is 1.49 bits per heavy atom. The molecular weight excluding hydrogens is 568 g/mol. The minimum atomic E-state index is -0.00556. The second-order valence-electron chi connectivity index (χ2n) is 10.4. The van der Waals surface area contributed by atoms with Crippen LogP contribution in [0, 0.1) is 0 Å². The zero-order chi connectivity index (χ0) is 26.8. The number of thiazole rings is 1. The van der Waals surface area contributed by atoms with Crippen molar-refractivity contribution in [2.24, 2.45) is 7.05 Å². The third-order valence-electron chi connectivity index (χ3n) is 7.00. The quantitative estimate of drug-likeness (QED) is 0.145. The number of hydrogen-bond donors (Lipinski definition) is 1. The van der Waals surface area contributed by atoms with Gasteiger partial charge in [0.05, 0.1) is 24.8 Å². The Hall–Kier alpha value is -2.18. The van der Waals surface area contributed by atoms with Gasteiger partial charge in [-0.15, -0.1) is 0 Å². The Bertz CT molecular complexity index is 1070. The van der Waals surface area contributed by atoms with Crippen molar-refractivity contribution >= 4 is 22.9 Å². The van der Waals surface area contributed by atoms with E-state index in [1.807, 2.05) is 36.4 Å². The first-order valence-corrected chi connectivity index (χ1v) is 15.5. The number of benzene rings is 2. The molecule has 0 atom stereocenters. The molecule has 6 heteroatoms. The topological polar surface area (TPSA) is 42.2 Å². The van der Waals surface area contributed by atoms with Crippen LogP contribution < -0.4 is 31.6 Å². The fourth-order valence-electron chi connectivity index (χ4n) is 4.69. The van der Waals surface area contributed by atoms with Crippen molar-refractivity contribution < 1.29 is 31.1 Å². The molecule has 0 saturated heterocycles. The molecule has 0 radical (unpaired) electrons. The normalized spacial score (nSPS) is 10.7. The number of nitrogens with one attached hydrogen (secondary N) is 1. The molecule has 0 fully saturated rings. The Labute approximate surface area is 251 Å². The average Bonchev–Trinajstić information content (AvgIpc) is 3.32. The van der Waals surface area contributed by atoms with Crippen LogP contribution in [0.5, 0.6) is 5.75 Å². The Morgan fingerprint density at radius 1 is 0.846 bits per heavy atom. The van der Waals surface area contributed by atoms with Crippen LogP contribution >= 0.6 is 11.3 Å². The van der Waals surface area contributed by atoms with Gasteiger partial charge < -0.3 is 27.0 Å². The molecule has 0 aliphatic rings. The minimum Gasteiger partial charge on any atom is -1.00 e. The van der Waals surface area contributed by atoms with Crippen LogP contribution in [-0.4, -0.2) is 12.5 Å². The zero-order valence-electron chi connectivity index (χ0n) is 23.9. The molecule has 0 aliphatic heterocycles. The number of amides is 1. The lowest BCUT2D eigenvalue weighted by Gasteiger charge is -2.09. The van der Waals surface area contributed by atoms with Crippen LogP contribution in [0.15, 0.2) is 60.1 Å². The van der Waals surface area contributed by atoms with Gasteiger partial charge in [0.2, 0.25) is 10.9 Å². The van der Waals surface area contributed by atoms with Crippen LogP contribution in [-0.2, 0) is 24.7 Å². The number of aromatic nitrogens is 1. The van der Waals surface area contributed by atoms with Gasteiger partial charge in [0.25, 0.3) is 0 Å². The van der Waals surface area contributed by atoms with E-state index in [2.05, 4.69) is 47.6 Å². The molecule has 0 unspecified atom stereocenters. The molecule has 39 heavy (non-hydrogen) atoms. The smallest absolute Gasteiger partial charge is 0.241 e. The van der Waals surface area contributed by atoms with Gasteiger partial charge in [-0.25, -0.2) is 0 Å². The highest BCUT2D eigenvalue weighted by Crippen LogP contribution is 2.18. The van der Waals surface area contributed by atoms with Gasteiger partial charge >= 0.3 is 0 Å². The molecule has 3 rings (SSSR count). The number of anilines is 1. The number of unbranched alkanes of at least 4 members (excludes halogenated alkanes) is 11. The van der Waals surface area contributed by atoms with Crippen LogP contribution in [0.1, 0.15) is 100 Å². The summed E-state index contributed by atoms with van der Waals surface area (Å²) in [6.07, 6.45) is 19.4. The van der Waals surface area contributed by atoms with E-state index >= 15 is 0 Å². The van der Waals surface area contributed by atoms with E-state index in [1.54, 1.807) is 11.3 Å². The van der Waals surface area contributed by atoms with E-state index in [9.17, 15) is 4.79 Å². The molecule has 0 aliphatic carbocycles. The molecule has 2 aromatic carbocycles. The monoisotopic (exact) mass is 614 g/mol. The van der Waals surface area contributed by atoms with E-state index in [-0.39, 0.29) is 22.9 Å². The minimum absolute atomic E-state index is 0. The van der Waals surface area contributed by atoms with Gasteiger partial charge in [0.1, 0.15) is 12.8 Å². The number of nitrogens with zero attached hydrogens (tertiary/aromatic N) is 1. The molecule has 0 spiro atoms. The van der Waals surface area contributed by atoms with Crippen molar-refractivity contribution in [3.8, 4) is 5.75 Å². The van der Waals surface area contributed by atoms with Gasteiger partial charge in [0, 0.05) is 5.69 Å². The highest BCUT2D eigenvalue weighted by atomic mass is 79.9. The Morgan fingerprint density at radius 3 is 2.10 bits per heavy atom. The van der Waals surface area contributed by atoms with Crippen LogP contribution in [0.4, 0.5) is 5.69 Å². The summed E-state index contributed by atoms with van der Waals surface area (Å²) in [5, 5.41) is 6.43. The Balaban J connectivity index is 0.00000533. The summed E-state index contributed by atoms with van der Waals surface area (Å²) in [5.74, 6) is 0.876. The molecule has 214 valence electrons. The molecule has 1 aromatic heterocycles. The van der Waals surface area contributed by atoms with Crippen molar-refractivity contribution in [2.75, 3.05) is 11.9 Å². The van der Waals surface area contributed by atoms with Gasteiger partial charge in [0.15, 0.2) is 6.20 Å². The molecule has 4 nitrogen and oxygen atoms in total. The summed E-state index contributed by atoms with van der Waals surface area (Å²) in [4.78, 5) is 12.6. The van der Waals surface area contributed by atoms with Crippen LogP contribution in [0.2, 0.25) is 0 Å². The predicted octanol–water partition coefficient (Wildman–Crippen LogP) is 5.43. The maximum absolute atomic E-state index is 12.6. The highest BCUT2D eigenvalue weighted by Gasteiger charge is 2.10. The van der Waals surface area contributed by atoms with E-state index in [0.717, 1.165) is 36.4 Å². The number of ether oxygens (including phenoxy) is 1. The lowest BCUT2D eigenvalue weighted by molar-refractivity contribution is -0.673. The van der Waals surface area contributed by atoms with Crippen molar-refractivity contribution in [1.29, 1.82) is 0 Å². The maximum Gasteiger partial charge on any atom is 0.241 e. The number of carbonyl (C=O) groups is 1. The van der Waals surface area contributed by atoms with Crippen molar-refractivity contribution in [3.63, 3.8) is 0 Å². The summed E-state index contributed by atoms with van der Waals surface area (Å²) < 4.78 is 8.06. The summed E-state index contributed by atoms with van der Waals surface area (Å²) >= 11 is 1.75. The summed E-state index contributed by atoms with van der Waals surface area (Å²) in [5.41, 5.74) is 3.02. The van der Waals surface area contributed by atoms with Crippen molar-refractivity contribution in [3.05, 3.63) is 76.2 Å². The lowest BCUT2D eigenvalue weighted by atomic mass is 10.1. The first kappa shape index (κ1) is 33.0. The summed E-state index contributed by atoms with van der Waals surface area (Å²) in [6.45, 7) is 3.04. The number of carbonyl (C=O) groups excluding carboxylic acids is 1. The van der Waals surface area contributed by atoms with Gasteiger partial charge in [-0.05, 0) is 41.8 Å². The SMILES string of the molecule is CCCCCCCCCCCCCCOc1ccc(CC(=O)Nc2cccc(Cc3scc[n+]3C)c2)cc1.[Br-]. The second-order valence-corrected chi connectivity index (χ2v) is 11.4. The number of hydrogen-bond acceptors (Lipinski definition) is 3. The Kier molecular flexibility index (Phi) is 16.8. The fraction of sp³-hybridized carbons (Fsp3) is 0.515. The van der Waals surface area contributed by atoms with Crippen LogP contribution in [0.3, 0.4) is 0 Å². The number of aryl methyl sites for hydroxylation is 1. The average molecular weight is 616 g/mol. The third-order valence-corrected chi connectivity index (χ3v) is 7.96. The maximum atomic E-state index is 12.6. The largest absolute Gasteiger partial charge is 1.00 e. The first-order chi connectivity index (χ1) is 18.6. The summed E-state index contributed by atoms with van der Waals surface area (Å²) in [7, 11) is 2.06. The lowest BCUT2D eigenvalue weighted by Crippen LogP contribution is -3.00. The molecule has 0 saturated carbocycles. The van der Waals surface area contributed by atoms with E-state index < -0.39 is 0 Å². The van der Waals surface area contributed by atoms with E-state index in [4.69, 9.17) is 4.74 Å². The fourth-order valence-corrected chi connectivity index (χ4v) is 5.57. The highest BCUT2D eigenvalue weighted by molar-refractivity contribution is 7.09. The van der Waals surface area contributed by atoms with Gasteiger partial charge in [-0.1, -0.05) is 113 Å². The molecule has 3 aromatic rings. The predicted molar refractivity (Wildman–Crippen MR) is 160 cm³/mol. The molecule has 0 bridgehead atoms. The molecule has 1 heterocycles. The van der Waals surface area contributed by atoms with Gasteiger partial charge in [-0.3, -0.25) is 4.79 Å². The first-order valence-electron chi connectivity index (χ1n) is 14.7. The zero-order valence-corrected chi connectivity index (χ0v) is 26.3. The van der Waals surface area contributed by atoms with Gasteiger partial charge in [-0.2, -0.15) is 4.57 Å². The number of rotatable bonds is 19. The second kappa shape index (κ2) is 19.8. The summed E-state index contributed by atoms with van der Waals surface area (Å²) in [6, 6.07) is 16.0.